The summed E-state index contributed by atoms with van der Waals surface area (Å²) in [6.45, 7) is 10.3. The van der Waals surface area contributed by atoms with Crippen LogP contribution in [0.3, 0.4) is 0 Å². The number of amides is 1. The Hall–Kier alpha value is -0.830. The molecule has 1 unspecified atom stereocenters. The summed E-state index contributed by atoms with van der Waals surface area (Å²) in [6, 6.07) is 0. The number of carbonyl (C=O) groups is 1. The zero-order valence-electron chi connectivity index (χ0n) is 10.6. The van der Waals surface area contributed by atoms with Crippen LogP contribution in [0.2, 0.25) is 0 Å². The van der Waals surface area contributed by atoms with Crippen molar-refractivity contribution in [2.75, 3.05) is 19.6 Å². The lowest BCUT2D eigenvalue weighted by Gasteiger charge is -2.37. The van der Waals surface area contributed by atoms with Gasteiger partial charge in [-0.3, -0.25) is 4.79 Å². The van der Waals surface area contributed by atoms with E-state index >= 15 is 0 Å². The second kappa shape index (κ2) is 6.04. The third-order valence-electron chi connectivity index (χ3n) is 3.22. The molecule has 1 N–H and O–H groups in total. The van der Waals surface area contributed by atoms with Crippen LogP contribution in [0.15, 0.2) is 12.7 Å². The van der Waals surface area contributed by atoms with Crippen LogP contribution in [0.5, 0.6) is 0 Å². The van der Waals surface area contributed by atoms with Crippen LogP contribution in [0, 0.1) is 0 Å². The Bertz CT molecular complexity index is 244. The summed E-state index contributed by atoms with van der Waals surface area (Å²) >= 11 is 0. The molecule has 1 aliphatic rings. The lowest BCUT2D eigenvalue weighted by Crippen LogP contribution is -2.58. The first kappa shape index (κ1) is 13.2. The van der Waals surface area contributed by atoms with Crippen LogP contribution >= 0.6 is 0 Å². The molecule has 0 aliphatic carbocycles. The van der Waals surface area contributed by atoms with E-state index in [1.165, 1.54) is 6.42 Å². The molecule has 16 heavy (non-hydrogen) atoms. The molecule has 3 heteroatoms. The van der Waals surface area contributed by atoms with Crippen molar-refractivity contribution in [3.05, 3.63) is 12.7 Å². The van der Waals surface area contributed by atoms with Gasteiger partial charge in [0.1, 0.15) is 0 Å². The van der Waals surface area contributed by atoms with Gasteiger partial charge < -0.3 is 10.2 Å². The Morgan fingerprint density at radius 3 is 2.81 bits per heavy atom. The summed E-state index contributed by atoms with van der Waals surface area (Å²) in [5.41, 5.74) is -0.351. The van der Waals surface area contributed by atoms with Crippen molar-refractivity contribution in [3.8, 4) is 0 Å². The number of nitrogens with one attached hydrogen (secondary N) is 1. The summed E-state index contributed by atoms with van der Waals surface area (Å²) in [7, 11) is 0. The van der Waals surface area contributed by atoms with Crippen LogP contribution in [0.1, 0.15) is 39.5 Å². The Labute approximate surface area is 98.9 Å². The number of hydrogen-bond acceptors (Lipinski definition) is 2. The molecule has 3 nitrogen and oxygen atoms in total. The van der Waals surface area contributed by atoms with Crippen LogP contribution in [-0.2, 0) is 4.79 Å². The fraction of sp³-hybridized carbons (Fsp3) is 0.769. The lowest BCUT2D eigenvalue weighted by atomic mass is 9.89. The average Bonchev–Trinajstić information content (AvgIpc) is 2.29. The zero-order valence-corrected chi connectivity index (χ0v) is 10.6. The maximum atomic E-state index is 12.4. The third-order valence-corrected chi connectivity index (χ3v) is 3.22. The second-order valence-electron chi connectivity index (χ2n) is 4.76. The largest absolute Gasteiger partial charge is 0.337 e. The standard InChI is InChI=1S/C13H24N2O/c1-4-10-15(11-5-2)12(16)13(3)8-6-7-9-14-13/h4,14H,1,5-11H2,2-3H3. The van der Waals surface area contributed by atoms with Crippen molar-refractivity contribution in [3.63, 3.8) is 0 Å². The highest BCUT2D eigenvalue weighted by Gasteiger charge is 2.36. The first-order valence-corrected chi connectivity index (χ1v) is 6.29. The molecule has 0 aromatic heterocycles. The first-order chi connectivity index (χ1) is 7.64. The van der Waals surface area contributed by atoms with Gasteiger partial charge in [-0.15, -0.1) is 6.58 Å². The molecule has 0 bridgehead atoms. The van der Waals surface area contributed by atoms with E-state index in [0.717, 1.165) is 32.4 Å². The highest BCUT2D eigenvalue weighted by molar-refractivity contribution is 5.86. The molecule has 1 aliphatic heterocycles. The number of carbonyl (C=O) groups excluding carboxylic acids is 1. The van der Waals surface area contributed by atoms with Crippen molar-refractivity contribution in [1.29, 1.82) is 0 Å². The van der Waals surface area contributed by atoms with Crippen LogP contribution in [-0.4, -0.2) is 36.0 Å². The van der Waals surface area contributed by atoms with Crippen molar-refractivity contribution in [1.82, 2.24) is 10.2 Å². The number of nitrogens with zero attached hydrogens (tertiary/aromatic N) is 1. The molecule has 1 heterocycles. The van der Waals surface area contributed by atoms with Crippen molar-refractivity contribution < 1.29 is 4.79 Å². The van der Waals surface area contributed by atoms with E-state index in [1.807, 2.05) is 11.8 Å². The maximum absolute atomic E-state index is 12.4. The summed E-state index contributed by atoms with van der Waals surface area (Å²) < 4.78 is 0. The summed E-state index contributed by atoms with van der Waals surface area (Å²) in [4.78, 5) is 14.3. The van der Waals surface area contributed by atoms with Crippen molar-refractivity contribution >= 4 is 5.91 Å². The molecule has 0 aromatic rings. The number of hydrogen-bond donors (Lipinski definition) is 1. The molecule has 0 spiro atoms. The van der Waals surface area contributed by atoms with E-state index in [2.05, 4.69) is 18.8 Å². The molecule has 1 saturated heterocycles. The van der Waals surface area contributed by atoms with Gasteiger partial charge in [0.2, 0.25) is 5.91 Å². The van der Waals surface area contributed by atoms with Gasteiger partial charge in [-0.2, -0.15) is 0 Å². The minimum atomic E-state index is -0.351. The first-order valence-electron chi connectivity index (χ1n) is 6.29. The van der Waals surface area contributed by atoms with Crippen LogP contribution < -0.4 is 5.32 Å². The van der Waals surface area contributed by atoms with Gasteiger partial charge in [0.05, 0.1) is 5.54 Å². The van der Waals surface area contributed by atoms with Gasteiger partial charge >= 0.3 is 0 Å². The fourth-order valence-corrected chi connectivity index (χ4v) is 2.29. The SMILES string of the molecule is C=CCN(CCC)C(=O)C1(C)CCCCN1. The van der Waals surface area contributed by atoms with Crippen molar-refractivity contribution in [2.24, 2.45) is 0 Å². The number of piperidine rings is 1. The normalized spacial score (nSPS) is 25.1. The van der Waals surface area contributed by atoms with E-state index in [4.69, 9.17) is 0 Å². The fourth-order valence-electron chi connectivity index (χ4n) is 2.29. The van der Waals surface area contributed by atoms with E-state index < -0.39 is 0 Å². The molecule has 0 aromatic carbocycles. The molecule has 92 valence electrons. The Kier molecular flexibility index (Phi) is 5.00. The molecule has 1 fully saturated rings. The predicted molar refractivity (Wildman–Crippen MR) is 67.3 cm³/mol. The molecule has 0 radical (unpaired) electrons. The topological polar surface area (TPSA) is 32.3 Å². The summed E-state index contributed by atoms with van der Waals surface area (Å²) in [6.07, 6.45) is 6.07. The van der Waals surface area contributed by atoms with Gasteiger partial charge in [-0.05, 0) is 39.2 Å². The average molecular weight is 224 g/mol. The maximum Gasteiger partial charge on any atom is 0.242 e. The molecule has 0 saturated carbocycles. The summed E-state index contributed by atoms with van der Waals surface area (Å²) in [5.74, 6) is 0.231. The molecule has 1 atom stereocenters. The van der Waals surface area contributed by atoms with Gasteiger partial charge in [0.15, 0.2) is 0 Å². The van der Waals surface area contributed by atoms with Crippen LogP contribution in [0.4, 0.5) is 0 Å². The molecule has 1 amide bonds. The van der Waals surface area contributed by atoms with Crippen molar-refractivity contribution in [2.45, 2.75) is 45.1 Å². The van der Waals surface area contributed by atoms with Gasteiger partial charge in [0.25, 0.3) is 0 Å². The lowest BCUT2D eigenvalue weighted by molar-refractivity contribution is -0.138. The Balaban J connectivity index is 2.67. The van der Waals surface area contributed by atoms with Crippen LogP contribution in [0.25, 0.3) is 0 Å². The highest BCUT2D eigenvalue weighted by Crippen LogP contribution is 2.21. The summed E-state index contributed by atoms with van der Waals surface area (Å²) in [5, 5.41) is 3.37. The second-order valence-corrected chi connectivity index (χ2v) is 4.76. The minimum absolute atomic E-state index is 0.231. The van der Waals surface area contributed by atoms with Gasteiger partial charge in [-0.25, -0.2) is 0 Å². The quantitative estimate of drug-likeness (QED) is 0.724. The number of rotatable bonds is 5. The predicted octanol–water partition coefficient (Wildman–Crippen LogP) is 1.94. The zero-order chi connectivity index (χ0) is 12.0. The highest BCUT2D eigenvalue weighted by atomic mass is 16.2. The Morgan fingerprint density at radius 1 is 1.56 bits per heavy atom. The molecule has 1 rings (SSSR count). The van der Waals surface area contributed by atoms with Gasteiger partial charge in [-0.1, -0.05) is 13.0 Å². The van der Waals surface area contributed by atoms with E-state index in [0.29, 0.717) is 6.54 Å². The van der Waals surface area contributed by atoms with Gasteiger partial charge in [0, 0.05) is 13.1 Å². The Morgan fingerprint density at radius 2 is 2.31 bits per heavy atom. The minimum Gasteiger partial charge on any atom is -0.337 e. The smallest absolute Gasteiger partial charge is 0.242 e. The van der Waals surface area contributed by atoms with E-state index in [9.17, 15) is 4.79 Å². The van der Waals surface area contributed by atoms with E-state index in [1.54, 1.807) is 6.08 Å². The third kappa shape index (κ3) is 3.08. The van der Waals surface area contributed by atoms with E-state index in [-0.39, 0.29) is 11.4 Å². The monoisotopic (exact) mass is 224 g/mol. The molecular formula is C13H24N2O. The molecular weight excluding hydrogens is 200 g/mol.